The lowest BCUT2D eigenvalue weighted by atomic mass is 10.3. The lowest BCUT2D eigenvalue weighted by molar-refractivity contribution is 0.775. The molecule has 6 heteroatoms. The lowest BCUT2D eigenvalue weighted by Gasteiger charge is -2.21. The summed E-state index contributed by atoms with van der Waals surface area (Å²) in [7, 11) is 0. The van der Waals surface area contributed by atoms with Crippen molar-refractivity contribution in [3.63, 3.8) is 0 Å². The highest BCUT2D eigenvalue weighted by Crippen LogP contribution is 2.22. The van der Waals surface area contributed by atoms with Crippen molar-refractivity contribution in [3.8, 4) is 0 Å². The van der Waals surface area contributed by atoms with Crippen LogP contribution in [-0.4, -0.2) is 38.0 Å². The number of aromatic nitrogens is 5. The zero-order valence-corrected chi connectivity index (χ0v) is 13.0. The fourth-order valence-corrected chi connectivity index (χ4v) is 2.89. The van der Waals surface area contributed by atoms with Crippen molar-refractivity contribution in [1.82, 2.24) is 24.9 Å². The highest BCUT2D eigenvalue weighted by molar-refractivity contribution is 5.87. The molecule has 1 aromatic carbocycles. The summed E-state index contributed by atoms with van der Waals surface area (Å²) in [5.41, 5.74) is 2.97. The molecule has 2 N–H and O–H groups in total. The van der Waals surface area contributed by atoms with Gasteiger partial charge in [-0.3, -0.25) is 0 Å². The molecule has 0 fully saturated rings. The molecule has 6 nitrogen and oxygen atoms in total. The molecule has 0 saturated carbocycles. The van der Waals surface area contributed by atoms with Crippen molar-refractivity contribution in [2.45, 2.75) is 13.3 Å². The molecule has 3 heterocycles. The van der Waals surface area contributed by atoms with E-state index in [1.54, 1.807) is 6.33 Å². The number of nitrogens with one attached hydrogen (secondary N) is 2. The van der Waals surface area contributed by atoms with Gasteiger partial charge in [-0.1, -0.05) is 12.1 Å². The molecule has 0 spiro atoms. The van der Waals surface area contributed by atoms with Crippen molar-refractivity contribution in [2.24, 2.45) is 0 Å². The number of hydrogen-bond donors (Lipinski definition) is 2. The Labute approximate surface area is 133 Å². The first-order valence-electron chi connectivity index (χ1n) is 7.82. The Morgan fingerprint density at radius 1 is 1.13 bits per heavy atom. The van der Waals surface area contributed by atoms with Crippen LogP contribution in [0.3, 0.4) is 0 Å². The second-order valence-electron chi connectivity index (χ2n) is 5.47. The van der Waals surface area contributed by atoms with Crippen LogP contribution in [0.25, 0.3) is 22.1 Å². The number of nitrogens with zero attached hydrogens (tertiary/aromatic N) is 4. The van der Waals surface area contributed by atoms with Crippen LogP contribution in [0.4, 0.5) is 5.82 Å². The van der Waals surface area contributed by atoms with Crippen molar-refractivity contribution < 1.29 is 0 Å². The van der Waals surface area contributed by atoms with Gasteiger partial charge in [-0.15, -0.1) is 0 Å². The van der Waals surface area contributed by atoms with E-state index in [0.29, 0.717) is 0 Å². The van der Waals surface area contributed by atoms with Gasteiger partial charge >= 0.3 is 0 Å². The minimum Gasteiger partial charge on any atom is -0.356 e. The van der Waals surface area contributed by atoms with Gasteiger partial charge in [-0.2, -0.15) is 0 Å². The number of rotatable bonds is 5. The van der Waals surface area contributed by atoms with E-state index in [0.717, 1.165) is 53.2 Å². The van der Waals surface area contributed by atoms with Crippen LogP contribution >= 0.6 is 0 Å². The molecule has 0 aliphatic rings. The first-order chi connectivity index (χ1) is 11.3. The van der Waals surface area contributed by atoms with Crippen LogP contribution in [0.5, 0.6) is 0 Å². The second-order valence-corrected chi connectivity index (χ2v) is 5.47. The minimum atomic E-state index is 0.846. The maximum absolute atomic E-state index is 4.64. The van der Waals surface area contributed by atoms with Crippen LogP contribution in [0.15, 0.2) is 42.9 Å². The zero-order chi connectivity index (χ0) is 15.6. The molecule has 0 aliphatic heterocycles. The molecule has 23 heavy (non-hydrogen) atoms. The summed E-state index contributed by atoms with van der Waals surface area (Å²) < 4.78 is 0. The third-order valence-electron chi connectivity index (χ3n) is 4.07. The third-order valence-corrected chi connectivity index (χ3v) is 4.07. The zero-order valence-electron chi connectivity index (χ0n) is 13.0. The molecule has 0 unspecified atom stereocenters. The van der Waals surface area contributed by atoms with Gasteiger partial charge in [0.1, 0.15) is 23.6 Å². The van der Waals surface area contributed by atoms with Crippen LogP contribution in [0, 0.1) is 0 Å². The van der Waals surface area contributed by atoms with Crippen LogP contribution in [0.1, 0.15) is 12.7 Å². The van der Waals surface area contributed by atoms with Crippen LogP contribution in [-0.2, 0) is 6.42 Å². The number of aromatic amines is 2. The average molecular weight is 306 g/mol. The van der Waals surface area contributed by atoms with Crippen LogP contribution < -0.4 is 4.90 Å². The maximum atomic E-state index is 4.64. The van der Waals surface area contributed by atoms with Crippen molar-refractivity contribution >= 4 is 27.9 Å². The molecule has 0 radical (unpaired) electrons. The number of fused-ring (bicyclic) bond motifs is 2. The van der Waals surface area contributed by atoms with E-state index >= 15 is 0 Å². The Kier molecular flexibility index (Phi) is 3.42. The molecule has 0 amide bonds. The van der Waals surface area contributed by atoms with Gasteiger partial charge in [-0.05, 0) is 25.1 Å². The molecule has 116 valence electrons. The van der Waals surface area contributed by atoms with Crippen molar-refractivity contribution in [3.05, 3.63) is 48.7 Å². The Hall–Kier alpha value is -2.89. The standard InChI is InChI=1S/C17H18N6/c1-2-23(17-12-7-9-18-16(12)19-11-20-17)10-8-15-21-13-5-3-4-6-14(13)22-15/h3-7,9,11H,2,8,10H2,1H3,(H,21,22)(H,18,19,20). The summed E-state index contributed by atoms with van der Waals surface area (Å²) in [6, 6.07) is 10.1. The number of likely N-dealkylation sites (N-methyl/N-ethyl adjacent to an activating group) is 1. The van der Waals surface area contributed by atoms with Crippen molar-refractivity contribution in [1.29, 1.82) is 0 Å². The van der Waals surface area contributed by atoms with E-state index < -0.39 is 0 Å². The predicted octanol–water partition coefficient (Wildman–Crippen LogP) is 2.90. The van der Waals surface area contributed by atoms with Gasteiger partial charge in [0.25, 0.3) is 0 Å². The molecule has 3 aromatic heterocycles. The third kappa shape index (κ3) is 2.52. The number of anilines is 1. The molecule has 4 aromatic rings. The number of benzene rings is 1. The highest BCUT2D eigenvalue weighted by atomic mass is 15.2. The molecule has 0 saturated heterocycles. The molecule has 4 rings (SSSR count). The highest BCUT2D eigenvalue weighted by Gasteiger charge is 2.12. The smallest absolute Gasteiger partial charge is 0.142 e. The van der Waals surface area contributed by atoms with E-state index in [1.165, 1.54) is 0 Å². The van der Waals surface area contributed by atoms with E-state index in [2.05, 4.69) is 42.8 Å². The maximum Gasteiger partial charge on any atom is 0.142 e. The summed E-state index contributed by atoms with van der Waals surface area (Å²) in [5.74, 6) is 1.97. The fraction of sp³-hybridized carbons (Fsp3) is 0.235. The summed E-state index contributed by atoms with van der Waals surface area (Å²) >= 11 is 0. The number of imidazole rings is 1. The van der Waals surface area contributed by atoms with Gasteiger partial charge in [0.05, 0.1) is 16.4 Å². The van der Waals surface area contributed by atoms with Gasteiger partial charge in [0.2, 0.25) is 0 Å². The Morgan fingerprint density at radius 2 is 2.04 bits per heavy atom. The Balaban J connectivity index is 1.57. The molecule has 0 aliphatic carbocycles. The average Bonchev–Trinajstić information content (AvgIpc) is 3.21. The monoisotopic (exact) mass is 306 g/mol. The van der Waals surface area contributed by atoms with Gasteiger partial charge < -0.3 is 14.9 Å². The van der Waals surface area contributed by atoms with E-state index in [-0.39, 0.29) is 0 Å². The molecular formula is C17H18N6. The van der Waals surface area contributed by atoms with Gasteiger partial charge in [0.15, 0.2) is 0 Å². The number of H-pyrrole nitrogens is 2. The fourth-order valence-electron chi connectivity index (χ4n) is 2.89. The van der Waals surface area contributed by atoms with Gasteiger partial charge in [0, 0.05) is 25.7 Å². The van der Waals surface area contributed by atoms with E-state index in [4.69, 9.17) is 0 Å². The largest absolute Gasteiger partial charge is 0.356 e. The normalized spacial score (nSPS) is 11.3. The number of hydrogen-bond acceptors (Lipinski definition) is 4. The Morgan fingerprint density at radius 3 is 2.91 bits per heavy atom. The van der Waals surface area contributed by atoms with Crippen molar-refractivity contribution in [2.75, 3.05) is 18.0 Å². The first-order valence-corrected chi connectivity index (χ1v) is 7.82. The van der Waals surface area contributed by atoms with E-state index in [1.807, 2.05) is 30.5 Å². The summed E-state index contributed by atoms with van der Waals surface area (Å²) in [4.78, 5) is 22.1. The SMILES string of the molecule is CCN(CCc1nc2ccccc2[nH]1)c1ncnc2[nH]ccc12. The predicted molar refractivity (Wildman–Crippen MR) is 91.6 cm³/mol. The van der Waals surface area contributed by atoms with Gasteiger partial charge in [-0.25, -0.2) is 15.0 Å². The topological polar surface area (TPSA) is 73.5 Å². The Bertz CT molecular complexity index is 905. The second kappa shape index (κ2) is 5.72. The summed E-state index contributed by atoms with van der Waals surface area (Å²) in [6.07, 6.45) is 4.35. The van der Waals surface area contributed by atoms with E-state index in [9.17, 15) is 0 Å². The molecular weight excluding hydrogens is 288 g/mol. The van der Waals surface area contributed by atoms with Crippen LogP contribution in [0.2, 0.25) is 0 Å². The molecule has 0 bridgehead atoms. The number of para-hydroxylation sites is 2. The first kappa shape index (κ1) is 13.8. The summed E-state index contributed by atoms with van der Waals surface area (Å²) in [5, 5.41) is 1.05. The summed E-state index contributed by atoms with van der Waals surface area (Å²) in [6.45, 7) is 3.88. The minimum absolute atomic E-state index is 0.846. The lowest BCUT2D eigenvalue weighted by Crippen LogP contribution is -2.26. The quantitative estimate of drug-likeness (QED) is 0.594. The molecule has 0 atom stereocenters.